The molecule has 0 amide bonds. The van der Waals surface area contributed by atoms with E-state index in [-0.39, 0.29) is 0 Å². The maximum Gasteiger partial charge on any atom is 0.323 e. The minimum Gasteiger partial charge on any atom is -0.464 e. The number of anilines is 2. The molecular weight excluding hydrogens is 286 g/mol. The summed E-state index contributed by atoms with van der Waals surface area (Å²) in [6.45, 7) is 6.28. The van der Waals surface area contributed by atoms with Crippen LogP contribution < -0.4 is 15.4 Å². The molecule has 1 rings (SSSR count). The molecule has 120 valence electrons. The molecule has 0 aromatic carbocycles. The maximum absolute atomic E-state index is 5.38. The fourth-order valence-corrected chi connectivity index (χ4v) is 2.19. The summed E-state index contributed by atoms with van der Waals surface area (Å²) in [6.07, 6.45) is 6.76. The Morgan fingerprint density at radius 1 is 0.952 bits per heavy atom. The second kappa shape index (κ2) is 11.4. The van der Waals surface area contributed by atoms with Crippen molar-refractivity contribution in [1.29, 1.82) is 0 Å². The number of ether oxygens (including phenoxy) is 1. The van der Waals surface area contributed by atoms with E-state index in [2.05, 4.69) is 38.8 Å². The van der Waals surface area contributed by atoms with E-state index in [0.29, 0.717) is 24.5 Å². The van der Waals surface area contributed by atoms with Crippen LogP contribution in [0.4, 0.5) is 11.9 Å². The Bertz CT molecular complexity index is 392. The average Bonchev–Trinajstić information content (AvgIpc) is 2.49. The highest BCUT2D eigenvalue weighted by atomic mass is 32.2. The van der Waals surface area contributed by atoms with Crippen LogP contribution in [-0.4, -0.2) is 46.7 Å². The van der Waals surface area contributed by atoms with Crippen molar-refractivity contribution in [3.05, 3.63) is 0 Å². The molecule has 0 saturated heterocycles. The fraction of sp³-hybridized carbons (Fsp3) is 0.786. The predicted octanol–water partition coefficient (Wildman–Crippen LogP) is 3.04. The first-order valence-electron chi connectivity index (χ1n) is 7.65. The number of thioether (sulfide) groups is 1. The van der Waals surface area contributed by atoms with Gasteiger partial charge < -0.3 is 15.4 Å². The molecule has 0 aliphatic heterocycles. The van der Waals surface area contributed by atoms with Gasteiger partial charge in [0, 0.05) is 13.1 Å². The molecule has 7 heteroatoms. The lowest BCUT2D eigenvalue weighted by molar-refractivity contribution is 0.312. The summed E-state index contributed by atoms with van der Waals surface area (Å²) >= 11 is 1.89. The number of nitrogens with one attached hydrogen (secondary N) is 2. The summed E-state index contributed by atoms with van der Waals surface area (Å²) in [4.78, 5) is 12.9. The third kappa shape index (κ3) is 7.94. The van der Waals surface area contributed by atoms with Gasteiger partial charge in [0.25, 0.3) is 0 Å². The Morgan fingerprint density at radius 3 is 2.29 bits per heavy atom. The molecule has 0 atom stereocenters. The van der Waals surface area contributed by atoms with Crippen molar-refractivity contribution >= 4 is 23.7 Å². The second-order valence-electron chi connectivity index (χ2n) is 4.61. The van der Waals surface area contributed by atoms with Gasteiger partial charge in [0.1, 0.15) is 0 Å². The smallest absolute Gasteiger partial charge is 0.323 e. The van der Waals surface area contributed by atoms with Crippen LogP contribution >= 0.6 is 11.8 Å². The summed E-state index contributed by atoms with van der Waals surface area (Å²) < 4.78 is 5.38. The summed E-state index contributed by atoms with van der Waals surface area (Å²) in [5, 5.41) is 6.42. The SMILES string of the molecule is CCCNc1nc(NCCCCCSC)nc(OCC)n1. The lowest BCUT2D eigenvalue weighted by Gasteiger charge is -2.09. The molecule has 1 heterocycles. The van der Waals surface area contributed by atoms with Gasteiger partial charge >= 0.3 is 6.01 Å². The molecule has 0 fully saturated rings. The molecule has 0 spiro atoms. The van der Waals surface area contributed by atoms with E-state index >= 15 is 0 Å². The van der Waals surface area contributed by atoms with Crippen molar-refractivity contribution in [2.24, 2.45) is 0 Å². The summed E-state index contributed by atoms with van der Waals surface area (Å²) in [5.41, 5.74) is 0. The van der Waals surface area contributed by atoms with Crippen LogP contribution in [0.2, 0.25) is 0 Å². The summed E-state index contributed by atoms with van der Waals surface area (Å²) in [5.74, 6) is 2.38. The zero-order chi connectivity index (χ0) is 15.3. The van der Waals surface area contributed by atoms with E-state index in [0.717, 1.165) is 25.9 Å². The van der Waals surface area contributed by atoms with E-state index < -0.39 is 0 Å². The van der Waals surface area contributed by atoms with Crippen LogP contribution in [0.1, 0.15) is 39.5 Å². The predicted molar refractivity (Wildman–Crippen MR) is 90.5 cm³/mol. The van der Waals surface area contributed by atoms with Crippen molar-refractivity contribution < 1.29 is 4.74 Å². The highest BCUT2D eigenvalue weighted by Gasteiger charge is 2.06. The number of rotatable bonds is 12. The minimum atomic E-state index is 0.371. The van der Waals surface area contributed by atoms with E-state index in [1.54, 1.807) is 0 Å². The molecule has 0 aliphatic carbocycles. The summed E-state index contributed by atoms with van der Waals surface area (Å²) in [6, 6.07) is 0.371. The molecule has 0 radical (unpaired) electrons. The van der Waals surface area contributed by atoms with Gasteiger partial charge in [0.05, 0.1) is 6.61 Å². The molecular formula is C14H27N5OS. The van der Waals surface area contributed by atoms with Gasteiger partial charge in [0.15, 0.2) is 0 Å². The van der Waals surface area contributed by atoms with E-state index in [9.17, 15) is 0 Å². The number of hydrogen-bond donors (Lipinski definition) is 2. The Hall–Kier alpha value is -1.24. The number of hydrogen-bond acceptors (Lipinski definition) is 7. The molecule has 0 saturated carbocycles. The van der Waals surface area contributed by atoms with Crippen LogP contribution in [0, 0.1) is 0 Å². The van der Waals surface area contributed by atoms with E-state index in [4.69, 9.17) is 4.74 Å². The van der Waals surface area contributed by atoms with Crippen LogP contribution in [0.15, 0.2) is 0 Å². The van der Waals surface area contributed by atoms with Crippen LogP contribution in [0.25, 0.3) is 0 Å². The maximum atomic E-state index is 5.38. The lowest BCUT2D eigenvalue weighted by Crippen LogP contribution is -2.12. The van der Waals surface area contributed by atoms with Crippen molar-refractivity contribution in [3.8, 4) is 6.01 Å². The van der Waals surface area contributed by atoms with Crippen molar-refractivity contribution in [2.45, 2.75) is 39.5 Å². The van der Waals surface area contributed by atoms with Crippen LogP contribution in [0.3, 0.4) is 0 Å². The van der Waals surface area contributed by atoms with Crippen molar-refractivity contribution in [1.82, 2.24) is 15.0 Å². The monoisotopic (exact) mass is 313 g/mol. The lowest BCUT2D eigenvalue weighted by atomic mass is 10.2. The second-order valence-corrected chi connectivity index (χ2v) is 5.59. The van der Waals surface area contributed by atoms with Gasteiger partial charge in [-0.05, 0) is 38.2 Å². The standard InChI is InChI=1S/C14H27N5OS/c1-4-9-15-12-17-13(19-14(18-12)20-5-2)16-10-7-6-8-11-21-3/h4-11H2,1-3H3,(H2,15,16,17,18,19). The van der Waals surface area contributed by atoms with E-state index in [1.165, 1.54) is 18.6 Å². The highest BCUT2D eigenvalue weighted by Crippen LogP contribution is 2.11. The Kier molecular flexibility index (Phi) is 9.69. The first-order chi connectivity index (χ1) is 10.3. The Balaban J connectivity index is 2.48. The third-order valence-corrected chi connectivity index (χ3v) is 3.43. The zero-order valence-corrected chi connectivity index (χ0v) is 14.1. The third-order valence-electron chi connectivity index (χ3n) is 2.73. The first kappa shape index (κ1) is 17.8. The molecule has 6 nitrogen and oxygen atoms in total. The Morgan fingerprint density at radius 2 is 1.67 bits per heavy atom. The fourth-order valence-electron chi connectivity index (χ4n) is 1.69. The van der Waals surface area contributed by atoms with Crippen molar-refractivity contribution in [2.75, 3.05) is 42.3 Å². The number of unbranched alkanes of at least 4 members (excludes halogenated alkanes) is 2. The van der Waals surface area contributed by atoms with E-state index in [1.807, 2.05) is 18.7 Å². The highest BCUT2D eigenvalue weighted by molar-refractivity contribution is 7.98. The normalized spacial score (nSPS) is 10.4. The molecule has 0 aliphatic rings. The molecule has 0 unspecified atom stereocenters. The zero-order valence-electron chi connectivity index (χ0n) is 13.3. The molecule has 0 bridgehead atoms. The molecule has 2 N–H and O–H groups in total. The van der Waals surface area contributed by atoms with Crippen LogP contribution in [0.5, 0.6) is 6.01 Å². The quantitative estimate of drug-likeness (QED) is 0.575. The average molecular weight is 313 g/mol. The first-order valence-corrected chi connectivity index (χ1v) is 9.05. The molecule has 1 aromatic rings. The molecule has 1 aromatic heterocycles. The number of nitrogens with zero attached hydrogens (tertiary/aromatic N) is 3. The van der Waals surface area contributed by atoms with Gasteiger partial charge in [-0.3, -0.25) is 0 Å². The van der Waals surface area contributed by atoms with Gasteiger partial charge in [-0.2, -0.15) is 26.7 Å². The van der Waals surface area contributed by atoms with Gasteiger partial charge in [-0.1, -0.05) is 13.3 Å². The van der Waals surface area contributed by atoms with Crippen LogP contribution in [-0.2, 0) is 0 Å². The van der Waals surface area contributed by atoms with Gasteiger partial charge in [0.2, 0.25) is 11.9 Å². The van der Waals surface area contributed by atoms with Gasteiger partial charge in [-0.25, -0.2) is 0 Å². The summed E-state index contributed by atoms with van der Waals surface area (Å²) in [7, 11) is 0. The van der Waals surface area contributed by atoms with Gasteiger partial charge in [-0.15, -0.1) is 0 Å². The Labute approximate surface area is 131 Å². The topological polar surface area (TPSA) is 72.0 Å². The van der Waals surface area contributed by atoms with Crippen molar-refractivity contribution in [3.63, 3.8) is 0 Å². The largest absolute Gasteiger partial charge is 0.464 e. The molecule has 21 heavy (non-hydrogen) atoms. The minimum absolute atomic E-state index is 0.371. The number of aromatic nitrogens is 3.